The van der Waals surface area contributed by atoms with Crippen molar-refractivity contribution in [1.82, 2.24) is 0 Å². The number of allylic oxidation sites excluding steroid dienone is 3. The molecule has 0 N–H and O–H groups in total. The van der Waals surface area contributed by atoms with Gasteiger partial charge in [0, 0.05) is 11.9 Å². The van der Waals surface area contributed by atoms with Crippen molar-refractivity contribution < 1.29 is 0 Å². The Labute approximate surface area is 117 Å². The van der Waals surface area contributed by atoms with Crippen LogP contribution in [0.1, 0.15) is 25.0 Å². The second-order valence-electron chi connectivity index (χ2n) is 4.56. The van der Waals surface area contributed by atoms with Crippen molar-refractivity contribution in [2.24, 2.45) is 0 Å². The highest BCUT2D eigenvalue weighted by Gasteiger charge is 2.13. The van der Waals surface area contributed by atoms with E-state index in [2.05, 4.69) is 50.1 Å². The standard InChI is InChI=1S/C18H23N/c1-7-10-14(3)17(6)19(13-8-2)18-15(4)11-9-12-16(18)5/h7-13H,3,6H2,1-2,4-5H3/b10-7-,13-8-. The molecule has 0 spiro atoms. The molecular formula is C18H23N. The van der Waals surface area contributed by atoms with Gasteiger partial charge in [0.15, 0.2) is 0 Å². The Morgan fingerprint density at radius 2 is 1.63 bits per heavy atom. The summed E-state index contributed by atoms with van der Waals surface area (Å²) < 4.78 is 0. The number of para-hydroxylation sites is 1. The number of rotatable bonds is 5. The Kier molecular flexibility index (Phi) is 5.37. The van der Waals surface area contributed by atoms with E-state index in [0.29, 0.717) is 0 Å². The first kappa shape index (κ1) is 15.0. The molecule has 0 saturated heterocycles. The van der Waals surface area contributed by atoms with Gasteiger partial charge in [0.2, 0.25) is 0 Å². The van der Waals surface area contributed by atoms with Crippen LogP contribution in [0.4, 0.5) is 5.69 Å². The van der Waals surface area contributed by atoms with Crippen LogP contribution in [-0.4, -0.2) is 0 Å². The molecule has 1 aromatic carbocycles. The summed E-state index contributed by atoms with van der Waals surface area (Å²) in [4.78, 5) is 2.10. The van der Waals surface area contributed by atoms with Crippen molar-refractivity contribution in [3.05, 3.63) is 78.2 Å². The number of hydrogen-bond acceptors (Lipinski definition) is 1. The van der Waals surface area contributed by atoms with Gasteiger partial charge in [0.1, 0.15) is 0 Å². The third-order valence-electron chi connectivity index (χ3n) is 3.01. The van der Waals surface area contributed by atoms with Crippen LogP contribution < -0.4 is 4.90 Å². The smallest absolute Gasteiger partial charge is 0.0513 e. The van der Waals surface area contributed by atoms with Crippen LogP contribution in [0.5, 0.6) is 0 Å². The van der Waals surface area contributed by atoms with E-state index in [0.717, 1.165) is 11.3 Å². The van der Waals surface area contributed by atoms with Crippen molar-refractivity contribution in [2.75, 3.05) is 4.90 Å². The fourth-order valence-corrected chi connectivity index (χ4v) is 2.09. The quantitative estimate of drug-likeness (QED) is 0.644. The van der Waals surface area contributed by atoms with E-state index in [1.165, 1.54) is 16.8 Å². The zero-order valence-corrected chi connectivity index (χ0v) is 12.4. The Morgan fingerprint density at radius 1 is 1.05 bits per heavy atom. The summed E-state index contributed by atoms with van der Waals surface area (Å²) in [5, 5.41) is 0. The summed E-state index contributed by atoms with van der Waals surface area (Å²) >= 11 is 0. The molecule has 0 aliphatic rings. The first-order chi connectivity index (χ1) is 9.02. The van der Waals surface area contributed by atoms with E-state index in [1.807, 2.05) is 38.3 Å². The number of nitrogens with zero attached hydrogens (tertiary/aromatic N) is 1. The van der Waals surface area contributed by atoms with Gasteiger partial charge in [0.25, 0.3) is 0 Å². The maximum Gasteiger partial charge on any atom is 0.0513 e. The normalized spacial score (nSPS) is 11.2. The summed E-state index contributed by atoms with van der Waals surface area (Å²) in [5.74, 6) is 0. The number of aryl methyl sites for hydroxylation is 2. The molecule has 1 aromatic rings. The molecule has 0 aliphatic carbocycles. The van der Waals surface area contributed by atoms with Gasteiger partial charge in [-0.2, -0.15) is 0 Å². The maximum absolute atomic E-state index is 4.17. The molecule has 0 unspecified atom stereocenters. The van der Waals surface area contributed by atoms with Crippen LogP contribution in [0.3, 0.4) is 0 Å². The lowest BCUT2D eigenvalue weighted by Gasteiger charge is -2.27. The van der Waals surface area contributed by atoms with Gasteiger partial charge in [-0.3, -0.25) is 0 Å². The van der Waals surface area contributed by atoms with E-state index in [9.17, 15) is 0 Å². The summed E-state index contributed by atoms with van der Waals surface area (Å²) in [6, 6.07) is 6.31. The lowest BCUT2D eigenvalue weighted by Crippen LogP contribution is -2.17. The first-order valence-corrected chi connectivity index (χ1v) is 6.52. The zero-order valence-electron chi connectivity index (χ0n) is 12.4. The Bertz CT molecular complexity index is 512. The van der Waals surface area contributed by atoms with E-state index in [4.69, 9.17) is 0 Å². The molecule has 1 heteroatoms. The Balaban J connectivity index is 3.29. The van der Waals surface area contributed by atoms with Crippen LogP contribution in [0.15, 0.2) is 67.1 Å². The monoisotopic (exact) mass is 253 g/mol. The second kappa shape index (κ2) is 6.79. The molecule has 0 heterocycles. The fourth-order valence-electron chi connectivity index (χ4n) is 2.09. The highest BCUT2D eigenvalue weighted by molar-refractivity contribution is 5.67. The zero-order chi connectivity index (χ0) is 14.4. The predicted octanol–water partition coefficient (Wildman–Crippen LogP) is 5.29. The van der Waals surface area contributed by atoms with E-state index < -0.39 is 0 Å². The molecule has 1 rings (SSSR count). The Hall–Kier alpha value is -2.02. The van der Waals surface area contributed by atoms with E-state index in [1.54, 1.807) is 0 Å². The third kappa shape index (κ3) is 3.47. The lowest BCUT2D eigenvalue weighted by atomic mass is 10.1. The number of benzene rings is 1. The molecule has 19 heavy (non-hydrogen) atoms. The molecule has 0 bridgehead atoms. The van der Waals surface area contributed by atoms with Crippen LogP contribution in [-0.2, 0) is 0 Å². The van der Waals surface area contributed by atoms with Gasteiger partial charge in [-0.25, -0.2) is 0 Å². The van der Waals surface area contributed by atoms with Gasteiger partial charge in [0.05, 0.1) is 5.69 Å². The van der Waals surface area contributed by atoms with Crippen LogP contribution in [0.25, 0.3) is 0 Å². The molecule has 1 nitrogen and oxygen atoms in total. The lowest BCUT2D eigenvalue weighted by molar-refractivity contribution is 1.14. The van der Waals surface area contributed by atoms with Gasteiger partial charge in [-0.1, -0.05) is 49.6 Å². The highest BCUT2D eigenvalue weighted by Crippen LogP contribution is 2.30. The van der Waals surface area contributed by atoms with Crippen molar-refractivity contribution in [3.8, 4) is 0 Å². The van der Waals surface area contributed by atoms with Crippen LogP contribution in [0.2, 0.25) is 0 Å². The van der Waals surface area contributed by atoms with E-state index >= 15 is 0 Å². The fraction of sp³-hybridized carbons (Fsp3) is 0.222. The Morgan fingerprint density at radius 3 is 2.11 bits per heavy atom. The minimum atomic E-state index is 0.897. The van der Waals surface area contributed by atoms with E-state index in [-0.39, 0.29) is 0 Å². The molecule has 0 aromatic heterocycles. The van der Waals surface area contributed by atoms with Crippen LogP contribution in [0, 0.1) is 13.8 Å². The van der Waals surface area contributed by atoms with Crippen LogP contribution >= 0.6 is 0 Å². The summed E-state index contributed by atoms with van der Waals surface area (Å²) in [7, 11) is 0. The molecule has 0 radical (unpaired) electrons. The predicted molar refractivity (Wildman–Crippen MR) is 86.3 cm³/mol. The van der Waals surface area contributed by atoms with Gasteiger partial charge in [-0.15, -0.1) is 0 Å². The largest absolute Gasteiger partial charge is 0.317 e. The minimum absolute atomic E-state index is 0.897. The first-order valence-electron chi connectivity index (χ1n) is 6.52. The van der Waals surface area contributed by atoms with Crippen molar-refractivity contribution >= 4 is 5.69 Å². The summed E-state index contributed by atoms with van der Waals surface area (Å²) in [6.07, 6.45) is 8.00. The molecule has 0 aliphatic heterocycles. The van der Waals surface area contributed by atoms with Crippen molar-refractivity contribution in [2.45, 2.75) is 27.7 Å². The average molecular weight is 253 g/mol. The summed E-state index contributed by atoms with van der Waals surface area (Å²) in [6.45, 7) is 16.5. The SMILES string of the molecule is C=C(/C=C\C)C(=C)N(/C=C\C)c1c(C)cccc1C. The topological polar surface area (TPSA) is 3.24 Å². The molecule has 0 amide bonds. The highest BCUT2D eigenvalue weighted by atomic mass is 15.1. The molecule has 100 valence electrons. The average Bonchev–Trinajstić information content (AvgIpc) is 2.37. The van der Waals surface area contributed by atoms with Crippen molar-refractivity contribution in [3.63, 3.8) is 0 Å². The molecular weight excluding hydrogens is 230 g/mol. The van der Waals surface area contributed by atoms with Gasteiger partial charge < -0.3 is 4.90 Å². The van der Waals surface area contributed by atoms with Gasteiger partial charge >= 0.3 is 0 Å². The number of anilines is 1. The second-order valence-corrected chi connectivity index (χ2v) is 4.56. The molecule has 0 saturated carbocycles. The molecule has 0 atom stereocenters. The number of hydrogen-bond donors (Lipinski definition) is 0. The summed E-state index contributed by atoms with van der Waals surface area (Å²) in [5.41, 5.74) is 5.45. The van der Waals surface area contributed by atoms with Gasteiger partial charge in [-0.05, 0) is 44.4 Å². The minimum Gasteiger partial charge on any atom is -0.317 e. The van der Waals surface area contributed by atoms with Crippen molar-refractivity contribution in [1.29, 1.82) is 0 Å². The maximum atomic E-state index is 4.17. The third-order valence-corrected chi connectivity index (χ3v) is 3.01. The molecule has 0 fully saturated rings.